The second-order valence-corrected chi connectivity index (χ2v) is 7.26. The highest BCUT2D eigenvalue weighted by molar-refractivity contribution is 5.76. The third-order valence-corrected chi connectivity index (χ3v) is 5.60. The first-order chi connectivity index (χ1) is 12.2. The standard InChI is InChI=1S/C18H24N6O/c19-17-20-11-14-5-7-18(16(14)23-17)6-2-8-24(12-18)15(25)4-1-3-13-9-21-22-10-13/h9-11H,1-8,12H2,(H,21,22)(H2,19,20,23). The van der Waals surface area contributed by atoms with Crippen LogP contribution in [0.15, 0.2) is 18.6 Å². The van der Waals surface area contributed by atoms with Crippen LogP contribution in [0.3, 0.4) is 0 Å². The molecule has 1 aliphatic heterocycles. The molecule has 2 aromatic heterocycles. The molecule has 2 aliphatic rings. The van der Waals surface area contributed by atoms with Crippen molar-refractivity contribution in [3.63, 3.8) is 0 Å². The summed E-state index contributed by atoms with van der Waals surface area (Å²) in [6, 6.07) is 0. The van der Waals surface area contributed by atoms with Gasteiger partial charge in [-0.15, -0.1) is 0 Å². The van der Waals surface area contributed by atoms with E-state index in [0.29, 0.717) is 12.4 Å². The lowest BCUT2D eigenvalue weighted by Gasteiger charge is -2.40. The maximum atomic E-state index is 12.7. The maximum absolute atomic E-state index is 12.7. The monoisotopic (exact) mass is 340 g/mol. The van der Waals surface area contributed by atoms with Gasteiger partial charge in [0.05, 0.1) is 11.9 Å². The number of rotatable bonds is 4. The molecule has 132 valence electrons. The third-order valence-electron chi connectivity index (χ3n) is 5.60. The summed E-state index contributed by atoms with van der Waals surface area (Å²) >= 11 is 0. The number of nitrogens with one attached hydrogen (secondary N) is 1. The molecule has 3 heterocycles. The molecule has 25 heavy (non-hydrogen) atoms. The molecule has 0 bridgehead atoms. The minimum Gasteiger partial charge on any atom is -0.368 e. The molecule has 1 aliphatic carbocycles. The van der Waals surface area contributed by atoms with Gasteiger partial charge < -0.3 is 10.6 Å². The summed E-state index contributed by atoms with van der Waals surface area (Å²) in [7, 11) is 0. The predicted molar refractivity (Wildman–Crippen MR) is 93.8 cm³/mol. The first-order valence-corrected chi connectivity index (χ1v) is 9.04. The molecule has 1 fully saturated rings. The lowest BCUT2D eigenvalue weighted by Crippen LogP contribution is -2.48. The molecule has 4 rings (SSSR count). The molecule has 1 saturated heterocycles. The second kappa shape index (κ2) is 6.46. The van der Waals surface area contributed by atoms with E-state index in [1.807, 2.05) is 23.5 Å². The number of hydrogen-bond donors (Lipinski definition) is 2. The van der Waals surface area contributed by atoms with Gasteiger partial charge >= 0.3 is 0 Å². The number of aromatic amines is 1. The van der Waals surface area contributed by atoms with E-state index in [1.54, 1.807) is 0 Å². The number of likely N-dealkylation sites (tertiary alicyclic amines) is 1. The van der Waals surface area contributed by atoms with Crippen LogP contribution < -0.4 is 5.73 Å². The van der Waals surface area contributed by atoms with E-state index in [2.05, 4.69) is 20.2 Å². The molecule has 0 aromatic carbocycles. The molecule has 1 atom stereocenters. The average molecular weight is 340 g/mol. The SMILES string of the molecule is Nc1ncc2c(n1)C1(CCCN(C(=O)CCCc3cn[nH]c3)C1)CC2. The Labute approximate surface area is 147 Å². The summed E-state index contributed by atoms with van der Waals surface area (Å²) in [6.45, 7) is 1.61. The number of piperidine rings is 1. The number of nitrogen functional groups attached to an aromatic ring is 1. The summed E-state index contributed by atoms with van der Waals surface area (Å²) in [6.07, 6.45) is 12.0. The van der Waals surface area contributed by atoms with Crippen LogP contribution in [-0.2, 0) is 23.1 Å². The highest BCUT2D eigenvalue weighted by Gasteiger charge is 2.44. The fourth-order valence-corrected chi connectivity index (χ4v) is 4.31. The summed E-state index contributed by atoms with van der Waals surface area (Å²) in [5.74, 6) is 0.585. The Balaban J connectivity index is 1.41. The van der Waals surface area contributed by atoms with Crippen molar-refractivity contribution in [1.29, 1.82) is 0 Å². The van der Waals surface area contributed by atoms with Gasteiger partial charge in [0.25, 0.3) is 0 Å². The van der Waals surface area contributed by atoms with Gasteiger partial charge in [0, 0.05) is 37.3 Å². The number of fused-ring (bicyclic) bond motifs is 2. The van der Waals surface area contributed by atoms with Crippen molar-refractivity contribution in [2.45, 2.75) is 50.4 Å². The lowest BCUT2D eigenvalue weighted by molar-refractivity contribution is -0.133. The topological polar surface area (TPSA) is 101 Å². The summed E-state index contributed by atoms with van der Waals surface area (Å²) < 4.78 is 0. The third kappa shape index (κ3) is 3.10. The number of carbonyl (C=O) groups is 1. The Kier molecular flexibility index (Phi) is 4.15. The Hall–Kier alpha value is -2.44. The van der Waals surface area contributed by atoms with Crippen LogP contribution in [0, 0.1) is 0 Å². The van der Waals surface area contributed by atoms with Crippen LogP contribution in [0.5, 0.6) is 0 Å². The number of aromatic nitrogens is 4. The van der Waals surface area contributed by atoms with Crippen molar-refractivity contribution in [2.24, 2.45) is 0 Å². The summed E-state index contributed by atoms with van der Waals surface area (Å²) in [5.41, 5.74) is 9.22. The molecule has 2 aromatic rings. The number of nitrogens with zero attached hydrogens (tertiary/aromatic N) is 4. The van der Waals surface area contributed by atoms with E-state index >= 15 is 0 Å². The van der Waals surface area contributed by atoms with E-state index in [4.69, 9.17) is 5.73 Å². The van der Waals surface area contributed by atoms with E-state index in [0.717, 1.165) is 62.9 Å². The van der Waals surface area contributed by atoms with Gasteiger partial charge in [-0.25, -0.2) is 9.97 Å². The Bertz CT molecular complexity index is 755. The van der Waals surface area contributed by atoms with Crippen LogP contribution >= 0.6 is 0 Å². The van der Waals surface area contributed by atoms with Crippen molar-refractivity contribution >= 4 is 11.9 Å². The van der Waals surface area contributed by atoms with Crippen LogP contribution in [-0.4, -0.2) is 44.1 Å². The fourth-order valence-electron chi connectivity index (χ4n) is 4.31. The molecule has 1 unspecified atom stereocenters. The molecular formula is C18H24N6O. The van der Waals surface area contributed by atoms with Crippen LogP contribution in [0.25, 0.3) is 0 Å². The molecule has 1 spiro atoms. The quantitative estimate of drug-likeness (QED) is 0.880. The van der Waals surface area contributed by atoms with Gasteiger partial charge in [-0.05, 0) is 49.7 Å². The minimum absolute atomic E-state index is 0.0230. The van der Waals surface area contributed by atoms with Crippen molar-refractivity contribution in [1.82, 2.24) is 25.1 Å². The predicted octanol–water partition coefficient (Wildman–Crippen LogP) is 1.61. The number of aryl methyl sites for hydroxylation is 2. The number of carbonyl (C=O) groups excluding carboxylic acids is 1. The van der Waals surface area contributed by atoms with Gasteiger partial charge in [0.15, 0.2) is 0 Å². The molecule has 3 N–H and O–H groups in total. The van der Waals surface area contributed by atoms with Gasteiger partial charge in [-0.3, -0.25) is 9.89 Å². The lowest BCUT2D eigenvalue weighted by atomic mass is 9.77. The van der Waals surface area contributed by atoms with Crippen LogP contribution in [0.4, 0.5) is 5.95 Å². The molecule has 7 heteroatoms. The van der Waals surface area contributed by atoms with Crippen LogP contribution in [0.2, 0.25) is 0 Å². The number of nitrogens with two attached hydrogens (primary N) is 1. The minimum atomic E-state index is -0.0230. The zero-order valence-electron chi connectivity index (χ0n) is 14.4. The Morgan fingerprint density at radius 1 is 1.36 bits per heavy atom. The van der Waals surface area contributed by atoms with Crippen molar-refractivity contribution in [3.8, 4) is 0 Å². The zero-order valence-corrected chi connectivity index (χ0v) is 14.4. The number of anilines is 1. The fraction of sp³-hybridized carbons (Fsp3) is 0.556. The zero-order chi connectivity index (χ0) is 17.3. The van der Waals surface area contributed by atoms with Gasteiger partial charge in [0.1, 0.15) is 0 Å². The Morgan fingerprint density at radius 2 is 2.28 bits per heavy atom. The van der Waals surface area contributed by atoms with E-state index in [-0.39, 0.29) is 11.3 Å². The highest BCUT2D eigenvalue weighted by atomic mass is 16.2. The first kappa shape index (κ1) is 16.1. The van der Waals surface area contributed by atoms with Crippen LogP contribution in [0.1, 0.15) is 48.9 Å². The molecule has 1 amide bonds. The maximum Gasteiger partial charge on any atom is 0.222 e. The van der Waals surface area contributed by atoms with Gasteiger partial charge in [-0.2, -0.15) is 5.10 Å². The van der Waals surface area contributed by atoms with E-state index in [1.165, 1.54) is 5.56 Å². The Morgan fingerprint density at radius 3 is 3.12 bits per heavy atom. The molecule has 7 nitrogen and oxygen atoms in total. The second-order valence-electron chi connectivity index (χ2n) is 7.26. The average Bonchev–Trinajstić information content (AvgIpc) is 3.24. The highest BCUT2D eigenvalue weighted by Crippen LogP contribution is 2.44. The normalized spacial score (nSPS) is 22.3. The summed E-state index contributed by atoms with van der Waals surface area (Å²) in [5, 5.41) is 6.75. The van der Waals surface area contributed by atoms with Gasteiger partial charge in [-0.1, -0.05) is 0 Å². The van der Waals surface area contributed by atoms with Crippen molar-refractivity contribution in [2.75, 3.05) is 18.8 Å². The number of amides is 1. The molecular weight excluding hydrogens is 316 g/mol. The molecule has 0 radical (unpaired) electrons. The van der Waals surface area contributed by atoms with Crippen molar-refractivity contribution in [3.05, 3.63) is 35.4 Å². The van der Waals surface area contributed by atoms with Crippen molar-refractivity contribution < 1.29 is 4.79 Å². The molecule has 0 saturated carbocycles. The smallest absolute Gasteiger partial charge is 0.222 e. The number of hydrogen-bond acceptors (Lipinski definition) is 5. The summed E-state index contributed by atoms with van der Waals surface area (Å²) in [4.78, 5) is 23.4. The largest absolute Gasteiger partial charge is 0.368 e. The van der Waals surface area contributed by atoms with Gasteiger partial charge in [0.2, 0.25) is 11.9 Å². The first-order valence-electron chi connectivity index (χ1n) is 9.04. The number of H-pyrrole nitrogens is 1. The van der Waals surface area contributed by atoms with E-state index in [9.17, 15) is 4.79 Å². The van der Waals surface area contributed by atoms with E-state index < -0.39 is 0 Å².